The molecule has 0 saturated heterocycles. The van der Waals surface area contributed by atoms with Crippen LogP contribution in [0.5, 0.6) is 17.2 Å². The number of nitrogens with one attached hydrogen (secondary N) is 1. The molecule has 138 valence electrons. The van der Waals surface area contributed by atoms with Crippen molar-refractivity contribution >= 4 is 12.1 Å². The first-order chi connectivity index (χ1) is 12.2. The summed E-state index contributed by atoms with van der Waals surface area (Å²) in [5, 5.41) is 23.0. The summed E-state index contributed by atoms with van der Waals surface area (Å²) in [5.74, 6) is 0.0315. The van der Waals surface area contributed by atoms with E-state index >= 15 is 0 Å². The van der Waals surface area contributed by atoms with Gasteiger partial charge in [-0.2, -0.15) is 5.10 Å². The van der Waals surface area contributed by atoms with Crippen molar-refractivity contribution in [2.75, 3.05) is 6.61 Å². The molecule has 1 amide bonds. The second-order valence-electron chi connectivity index (χ2n) is 7.05. The molecule has 2 aromatic rings. The Labute approximate surface area is 153 Å². The summed E-state index contributed by atoms with van der Waals surface area (Å²) in [6.45, 7) is 7.92. The lowest BCUT2D eigenvalue weighted by atomic mass is 9.87. The molecule has 6 heteroatoms. The van der Waals surface area contributed by atoms with Crippen molar-refractivity contribution in [2.45, 2.75) is 33.1 Å². The number of phenols is 2. The van der Waals surface area contributed by atoms with E-state index in [1.807, 2.05) is 24.3 Å². The van der Waals surface area contributed by atoms with Gasteiger partial charge in [-0.05, 0) is 41.7 Å². The molecule has 0 atom stereocenters. The summed E-state index contributed by atoms with van der Waals surface area (Å²) >= 11 is 0. The molecule has 0 heterocycles. The number of carbonyl (C=O) groups excluding carboxylic acids is 1. The van der Waals surface area contributed by atoms with Gasteiger partial charge in [0.15, 0.2) is 6.61 Å². The third-order valence-electron chi connectivity index (χ3n) is 3.82. The van der Waals surface area contributed by atoms with Gasteiger partial charge in [0.25, 0.3) is 5.91 Å². The predicted octanol–water partition coefficient (Wildman–Crippen LogP) is 3.23. The lowest BCUT2D eigenvalue weighted by Gasteiger charge is -2.19. The van der Waals surface area contributed by atoms with E-state index in [0.29, 0.717) is 16.9 Å². The van der Waals surface area contributed by atoms with Crippen molar-refractivity contribution in [3.05, 3.63) is 53.1 Å². The Morgan fingerprint density at radius 2 is 1.85 bits per heavy atom. The predicted molar refractivity (Wildman–Crippen MR) is 101 cm³/mol. The number of carbonyl (C=O) groups is 1. The molecule has 26 heavy (non-hydrogen) atoms. The van der Waals surface area contributed by atoms with Crippen molar-refractivity contribution in [2.24, 2.45) is 5.10 Å². The van der Waals surface area contributed by atoms with Gasteiger partial charge in [-0.1, -0.05) is 32.9 Å². The Hall–Kier alpha value is -3.02. The molecule has 0 aliphatic rings. The molecule has 0 aliphatic heterocycles. The van der Waals surface area contributed by atoms with E-state index in [1.54, 1.807) is 6.92 Å². The fourth-order valence-corrected chi connectivity index (χ4v) is 2.33. The highest BCUT2D eigenvalue weighted by atomic mass is 16.5. The zero-order chi connectivity index (χ0) is 19.3. The van der Waals surface area contributed by atoms with E-state index in [1.165, 1.54) is 23.9 Å². The van der Waals surface area contributed by atoms with Gasteiger partial charge in [-0.3, -0.25) is 4.79 Å². The molecule has 0 aliphatic carbocycles. The number of hydrazone groups is 1. The van der Waals surface area contributed by atoms with Crippen LogP contribution < -0.4 is 10.2 Å². The van der Waals surface area contributed by atoms with Crippen LogP contribution in [-0.2, 0) is 10.2 Å². The van der Waals surface area contributed by atoms with Crippen LogP contribution in [0, 0.1) is 6.92 Å². The lowest BCUT2D eigenvalue weighted by Crippen LogP contribution is -2.24. The Kier molecular flexibility index (Phi) is 5.87. The first-order valence-corrected chi connectivity index (χ1v) is 8.24. The molecule has 0 saturated carbocycles. The van der Waals surface area contributed by atoms with Crippen molar-refractivity contribution in [3.8, 4) is 17.2 Å². The lowest BCUT2D eigenvalue weighted by molar-refractivity contribution is -0.123. The molecular weight excluding hydrogens is 332 g/mol. The Morgan fingerprint density at radius 3 is 2.42 bits per heavy atom. The minimum atomic E-state index is -0.419. The Bertz CT molecular complexity index is 783. The van der Waals surface area contributed by atoms with E-state index in [4.69, 9.17) is 4.74 Å². The number of aromatic hydroxyl groups is 2. The third kappa shape index (κ3) is 5.24. The van der Waals surface area contributed by atoms with E-state index in [2.05, 4.69) is 31.3 Å². The number of aryl methyl sites for hydroxylation is 1. The number of amides is 1. The molecular formula is C20H24N2O4. The van der Waals surface area contributed by atoms with Crippen molar-refractivity contribution < 1.29 is 19.7 Å². The smallest absolute Gasteiger partial charge is 0.277 e. The maximum atomic E-state index is 11.8. The highest BCUT2D eigenvalue weighted by Crippen LogP contribution is 2.25. The van der Waals surface area contributed by atoms with Crippen LogP contribution in [0.3, 0.4) is 0 Å². The number of hydrogen-bond donors (Lipinski definition) is 3. The van der Waals surface area contributed by atoms with Crippen LogP contribution in [0.15, 0.2) is 41.5 Å². The van der Waals surface area contributed by atoms with Gasteiger partial charge in [0.2, 0.25) is 0 Å². The summed E-state index contributed by atoms with van der Waals surface area (Å²) in [7, 11) is 0. The molecule has 0 fully saturated rings. The molecule has 2 aromatic carbocycles. The zero-order valence-corrected chi connectivity index (χ0v) is 15.4. The quantitative estimate of drug-likeness (QED) is 0.567. The van der Waals surface area contributed by atoms with Crippen LogP contribution in [0.1, 0.15) is 37.5 Å². The van der Waals surface area contributed by atoms with E-state index < -0.39 is 5.91 Å². The average Bonchev–Trinajstić information content (AvgIpc) is 2.55. The SMILES string of the molecule is Cc1cc(O)cc(O)c1/C=N/NC(=O)COc1ccc(C(C)(C)C)cc1. The van der Waals surface area contributed by atoms with Gasteiger partial charge < -0.3 is 14.9 Å². The zero-order valence-electron chi connectivity index (χ0n) is 15.4. The number of hydrogen-bond acceptors (Lipinski definition) is 5. The molecule has 2 rings (SSSR count). The van der Waals surface area contributed by atoms with Crippen LogP contribution in [0.4, 0.5) is 0 Å². The number of benzene rings is 2. The second kappa shape index (κ2) is 7.91. The number of rotatable bonds is 5. The normalized spacial score (nSPS) is 11.5. The highest BCUT2D eigenvalue weighted by Gasteiger charge is 2.13. The molecule has 0 radical (unpaired) electrons. The topological polar surface area (TPSA) is 91.1 Å². The van der Waals surface area contributed by atoms with Crippen LogP contribution in [0.25, 0.3) is 0 Å². The first kappa shape index (κ1) is 19.3. The largest absolute Gasteiger partial charge is 0.508 e. The van der Waals surface area contributed by atoms with E-state index in [9.17, 15) is 15.0 Å². The van der Waals surface area contributed by atoms with Crippen LogP contribution in [-0.4, -0.2) is 28.9 Å². The second-order valence-corrected chi connectivity index (χ2v) is 7.05. The monoisotopic (exact) mass is 356 g/mol. The minimum Gasteiger partial charge on any atom is -0.508 e. The first-order valence-electron chi connectivity index (χ1n) is 8.24. The summed E-state index contributed by atoms with van der Waals surface area (Å²) in [4.78, 5) is 11.8. The van der Waals surface area contributed by atoms with Crippen molar-refractivity contribution in [1.29, 1.82) is 0 Å². The molecule has 0 unspecified atom stereocenters. The maximum absolute atomic E-state index is 11.8. The molecule has 3 N–H and O–H groups in total. The van der Waals surface area contributed by atoms with Gasteiger partial charge in [-0.15, -0.1) is 0 Å². The van der Waals surface area contributed by atoms with E-state index in [0.717, 1.165) is 0 Å². The fourth-order valence-electron chi connectivity index (χ4n) is 2.33. The van der Waals surface area contributed by atoms with Crippen molar-refractivity contribution in [1.82, 2.24) is 5.43 Å². The van der Waals surface area contributed by atoms with E-state index in [-0.39, 0.29) is 23.5 Å². The molecule has 6 nitrogen and oxygen atoms in total. The summed E-state index contributed by atoms with van der Waals surface area (Å²) in [5.41, 5.74) is 4.63. The summed E-state index contributed by atoms with van der Waals surface area (Å²) in [6, 6.07) is 10.3. The molecule has 0 bridgehead atoms. The third-order valence-corrected chi connectivity index (χ3v) is 3.82. The molecule has 0 spiro atoms. The summed E-state index contributed by atoms with van der Waals surface area (Å²) < 4.78 is 5.43. The maximum Gasteiger partial charge on any atom is 0.277 e. The summed E-state index contributed by atoms with van der Waals surface area (Å²) in [6.07, 6.45) is 1.32. The fraction of sp³-hybridized carbons (Fsp3) is 0.300. The van der Waals surface area contributed by atoms with Gasteiger partial charge >= 0.3 is 0 Å². The van der Waals surface area contributed by atoms with Crippen molar-refractivity contribution in [3.63, 3.8) is 0 Å². The Balaban J connectivity index is 1.88. The van der Waals surface area contributed by atoms with Crippen LogP contribution in [0.2, 0.25) is 0 Å². The number of ether oxygens (including phenoxy) is 1. The van der Waals surface area contributed by atoms with Gasteiger partial charge in [0.05, 0.1) is 6.21 Å². The minimum absolute atomic E-state index is 0.0351. The standard InChI is InChI=1S/C20H24N2O4/c1-13-9-15(23)10-18(24)17(13)11-21-22-19(25)12-26-16-7-5-14(6-8-16)20(2,3)4/h5-11,23-24H,12H2,1-4H3,(H,22,25)/b21-11+. The molecule has 0 aromatic heterocycles. The number of nitrogens with zero attached hydrogens (tertiary/aromatic N) is 1. The van der Waals surface area contributed by atoms with Gasteiger partial charge in [0, 0.05) is 11.6 Å². The highest BCUT2D eigenvalue weighted by molar-refractivity contribution is 5.87. The van der Waals surface area contributed by atoms with Gasteiger partial charge in [-0.25, -0.2) is 5.43 Å². The number of phenolic OH excluding ortho intramolecular Hbond substituents is 2. The van der Waals surface area contributed by atoms with Gasteiger partial charge in [0.1, 0.15) is 17.2 Å². The Morgan fingerprint density at radius 1 is 1.19 bits per heavy atom. The van der Waals surface area contributed by atoms with Crippen LogP contribution >= 0.6 is 0 Å². The average molecular weight is 356 g/mol.